The summed E-state index contributed by atoms with van der Waals surface area (Å²) in [4.78, 5) is 17.4. The van der Waals surface area contributed by atoms with Gasteiger partial charge in [-0.2, -0.15) is 0 Å². The van der Waals surface area contributed by atoms with Crippen LogP contribution in [0.25, 0.3) is 0 Å². The number of ether oxygens (including phenoxy) is 2. The predicted molar refractivity (Wildman–Crippen MR) is 95.0 cm³/mol. The fourth-order valence-electron chi connectivity index (χ4n) is 2.98. The maximum absolute atomic E-state index is 12.5. The van der Waals surface area contributed by atoms with E-state index in [9.17, 15) is 4.79 Å². The summed E-state index contributed by atoms with van der Waals surface area (Å²) in [6, 6.07) is 5.55. The number of hydrogen-bond acceptors (Lipinski definition) is 5. The lowest BCUT2D eigenvalue weighted by molar-refractivity contribution is 0.0880. The molecule has 1 unspecified atom stereocenters. The number of nitrogens with zero attached hydrogens (tertiary/aromatic N) is 2. The molecule has 0 bridgehead atoms. The van der Waals surface area contributed by atoms with Crippen molar-refractivity contribution in [2.75, 3.05) is 53.5 Å². The summed E-state index contributed by atoms with van der Waals surface area (Å²) in [5, 5.41) is 3.02. The van der Waals surface area contributed by atoms with Gasteiger partial charge in [0.1, 0.15) is 11.5 Å². The molecule has 2 rings (SSSR count). The zero-order valence-electron chi connectivity index (χ0n) is 15.2. The van der Waals surface area contributed by atoms with Crippen molar-refractivity contribution in [3.8, 4) is 11.5 Å². The molecule has 0 saturated carbocycles. The van der Waals surface area contributed by atoms with Gasteiger partial charge in [-0.05, 0) is 31.7 Å². The molecule has 1 N–H and O–H groups in total. The average Bonchev–Trinajstić information content (AvgIpc) is 2.65. The van der Waals surface area contributed by atoms with Crippen LogP contribution in [-0.4, -0.2) is 75.2 Å². The highest BCUT2D eigenvalue weighted by molar-refractivity contribution is 5.97. The van der Waals surface area contributed by atoms with Gasteiger partial charge in [0.25, 0.3) is 5.91 Å². The van der Waals surface area contributed by atoms with Crippen LogP contribution >= 0.6 is 0 Å². The summed E-state index contributed by atoms with van der Waals surface area (Å²) in [5.74, 6) is 1.06. The number of rotatable bonds is 7. The lowest BCUT2D eigenvalue weighted by Crippen LogP contribution is -2.52. The maximum atomic E-state index is 12.5. The highest BCUT2D eigenvalue weighted by Gasteiger charge is 2.21. The molecule has 134 valence electrons. The molecule has 1 aromatic carbocycles. The molecule has 1 atom stereocenters. The van der Waals surface area contributed by atoms with E-state index in [4.69, 9.17) is 9.47 Å². The zero-order valence-corrected chi connectivity index (χ0v) is 15.2. The van der Waals surface area contributed by atoms with E-state index in [1.165, 1.54) is 0 Å². The van der Waals surface area contributed by atoms with Gasteiger partial charge in [-0.15, -0.1) is 0 Å². The van der Waals surface area contributed by atoms with Crippen LogP contribution in [-0.2, 0) is 0 Å². The number of likely N-dealkylation sites (N-methyl/N-ethyl adjacent to an activating group) is 1. The molecule has 0 aromatic heterocycles. The lowest BCUT2D eigenvalue weighted by Gasteiger charge is -2.37. The predicted octanol–water partition coefficient (Wildman–Crippen LogP) is 1.46. The van der Waals surface area contributed by atoms with Crippen LogP contribution in [0.15, 0.2) is 18.2 Å². The minimum Gasteiger partial charge on any atom is -0.497 e. The monoisotopic (exact) mass is 335 g/mol. The standard InChI is InChI=1S/C18H29N3O3/c1-5-20-8-10-21(11-9-20)14(2)13-19-18(22)16-12-15(23-3)6-7-17(16)24-4/h6-7,12,14H,5,8-11,13H2,1-4H3,(H,19,22). The Kier molecular flexibility index (Phi) is 6.87. The Morgan fingerprint density at radius 3 is 2.50 bits per heavy atom. The molecule has 1 fully saturated rings. The van der Waals surface area contributed by atoms with E-state index < -0.39 is 0 Å². The number of carbonyl (C=O) groups excluding carboxylic acids is 1. The second-order valence-electron chi connectivity index (χ2n) is 6.10. The highest BCUT2D eigenvalue weighted by atomic mass is 16.5. The van der Waals surface area contributed by atoms with Crippen LogP contribution < -0.4 is 14.8 Å². The topological polar surface area (TPSA) is 54.0 Å². The molecule has 0 radical (unpaired) electrons. The number of amides is 1. The Hall–Kier alpha value is -1.79. The van der Waals surface area contributed by atoms with Crippen LogP contribution in [0.4, 0.5) is 0 Å². The number of piperazine rings is 1. The Labute approximate surface area is 144 Å². The molecular formula is C18H29N3O3. The minimum absolute atomic E-state index is 0.134. The van der Waals surface area contributed by atoms with Crippen LogP contribution in [0.2, 0.25) is 0 Å². The first-order valence-corrected chi connectivity index (χ1v) is 8.55. The van der Waals surface area contributed by atoms with Gasteiger partial charge in [0, 0.05) is 38.8 Å². The molecule has 6 heteroatoms. The Bertz CT molecular complexity index is 542. The first-order valence-electron chi connectivity index (χ1n) is 8.55. The second kappa shape index (κ2) is 8.89. The quantitative estimate of drug-likeness (QED) is 0.818. The fourth-order valence-corrected chi connectivity index (χ4v) is 2.98. The minimum atomic E-state index is -0.134. The molecule has 1 saturated heterocycles. The molecule has 1 aliphatic heterocycles. The molecule has 6 nitrogen and oxygen atoms in total. The number of nitrogens with one attached hydrogen (secondary N) is 1. The first-order chi connectivity index (χ1) is 11.6. The summed E-state index contributed by atoms with van der Waals surface area (Å²) in [7, 11) is 3.15. The molecule has 1 heterocycles. The largest absolute Gasteiger partial charge is 0.497 e. The van der Waals surface area contributed by atoms with Crippen molar-refractivity contribution in [3.05, 3.63) is 23.8 Å². The van der Waals surface area contributed by atoms with Crippen molar-refractivity contribution < 1.29 is 14.3 Å². The van der Waals surface area contributed by atoms with Gasteiger partial charge in [0.05, 0.1) is 19.8 Å². The summed E-state index contributed by atoms with van der Waals surface area (Å²) >= 11 is 0. The Morgan fingerprint density at radius 2 is 1.92 bits per heavy atom. The highest BCUT2D eigenvalue weighted by Crippen LogP contribution is 2.23. The van der Waals surface area contributed by atoms with Crippen molar-refractivity contribution in [3.63, 3.8) is 0 Å². The smallest absolute Gasteiger partial charge is 0.255 e. The van der Waals surface area contributed by atoms with Gasteiger partial charge in [-0.3, -0.25) is 9.69 Å². The van der Waals surface area contributed by atoms with E-state index in [0.717, 1.165) is 32.7 Å². The normalized spacial score (nSPS) is 17.3. The van der Waals surface area contributed by atoms with Crippen molar-refractivity contribution in [2.24, 2.45) is 0 Å². The summed E-state index contributed by atoms with van der Waals surface area (Å²) in [5.41, 5.74) is 0.500. The van der Waals surface area contributed by atoms with Crippen molar-refractivity contribution in [1.82, 2.24) is 15.1 Å². The Morgan fingerprint density at radius 1 is 1.21 bits per heavy atom. The first kappa shape index (κ1) is 18.5. The summed E-state index contributed by atoms with van der Waals surface area (Å²) in [6.45, 7) is 10.4. The molecule has 0 spiro atoms. The van der Waals surface area contributed by atoms with E-state index in [1.807, 2.05) is 0 Å². The van der Waals surface area contributed by atoms with E-state index in [-0.39, 0.29) is 5.91 Å². The van der Waals surface area contributed by atoms with Gasteiger partial charge in [0.2, 0.25) is 0 Å². The molecule has 0 aliphatic carbocycles. The van der Waals surface area contributed by atoms with Gasteiger partial charge in [-0.25, -0.2) is 0 Å². The van der Waals surface area contributed by atoms with Gasteiger partial charge in [-0.1, -0.05) is 6.92 Å². The zero-order chi connectivity index (χ0) is 17.5. The van der Waals surface area contributed by atoms with Crippen molar-refractivity contribution >= 4 is 5.91 Å². The Balaban J connectivity index is 1.91. The maximum Gasteiger partial charge on any atom is 0.255 e. The van der Waals surface area contributed by atoms with Crippen molar-refractivity contribution in [1.29, 1.82) is 0 Å². The van der Waals surface area contributed by atoms with Crippen LogP contribution in [0, 0.1) is 0 Å². The molecule has 24 heavy (non-hydrogen) atoms. The van der Waals surface area contributed by atoms with E-state index in [2.05, 4.69) is 29.0 Å². The van der Waals surface area contributed by atoms with Gasteiger partial charge < -0.3 is 19.7 Å². The van der Waals surface area contributed by atoms with Crippen LogP contribution in [0.1, 0.15) is 24.2 Å². The third kappa shape index (κ3) is 4.61. The number of methoxy groups -OCH3 is 2. The third-order valence-corrected chi connectivity index (χ3v) is 4.69. The lowest BCUT2D eigenvalue weighted by atomic mass is 10.1. The number of carbonyl (C=O) groups is 1. The van der Waals surface area contributed by atoms with E-state index >= 15 is 0 Å². The van der Waals surface area contributed by atoms with Gasteiger partial charge in [0.15, 0.2) is 0 Å². The summed E-state index contributed by atoms with van der Waals surface area (Å²) < 4.78 is 10.5. The fraction of sp³-hybridized carbons (Fsp3) is 0.611. The molecular weight excluding hydrogens is 306 g/mol. The average molecular weight is 335 g/mol. The van der Waals surface area contributed by atoms with Crippen LogP contribution in [0.5, 0.6) is 11.5 Å². The molecule has 1 aromatic rings. The van der Waals surface area contributed by atoms with Crippen LogP contribution in [0.3, 0.4) is 0 Å². The number of hydrogen-bond donors (Lipinski definition) is 1. The molecule has 1 aliphatic rings. The van der Waals surface area contributed by atoms with E-state index in [1.54, 1.807) is 32.4 Å². The van der Waals surface area contributed by atoms with Crippen molar-refractivity contribution in [2.45, 2.75) is 19.9 Å². The number of benzene rings is 1. The van der Waals surface area contributed by atoms with E-state index in [0.29, 0.717) is 29.6 Å². The summed E-state index contributed by atoms with van der Waals surface area (Å²) in [6.07, 6.45) is 0. The second-order valence-corrected chi connectivity index (χ2v) is 6.10. The van der Waals surface area contributed by atoms with Gasteiger partial charge >= 0.3 is 0 Å². The SMILES string of the molecule is CCN1CCN(C(C)CNC(=O)c2cc(OC)ccc2OC)CC1. The third-order valence-electron chi connectivity index (χ3n) is 4.69. The molecule has 1 amide bonds.